The Morgan fingerprint density at radius 3 is 2.10 bits per heavy atom. The lowest BCUT2D eigenvalue weighted by Gasteiger charge is -2.18. The summed E-state index contributed by atoms with van der Waals surface area (Å²) in [6, 6.07) is 0. The maximum atomic E-state index is 10.5. The molecule has 0 saturated heterocycles. The Labute approximate surface area is 65.4 Å². The van der Waals surface area contributed by atoms with Gasteiger partial charge in [-0.05, 0) is 25.6 Å². The molecule has 0 aliphatic heterocycles. The second-order valence-electron chi connectivity index (χ2n) is 2.55. The highest BCUT2D eigenvalue weighted by molar-refractivity contribution is 7.87. The second-order valence-corrected chi connectivity index (χ2v) is 4.87. The van der Waals surface area contributed by atoms with Gasteiger partial charge in [0.25, 0.3) is 10.1 Å². The van der Waals surface area contributed by atoms with Crippen molar-refractivity contribution in [2.75, 3.05) is 6.54 Å². The summed E-state index contributed by atoms with van der Waals surface area (Å²) in [6.45, 7) is 2.75. The molecule has 0 fully saturated rings. The van der Waals surface area contributed by atoms with E-state index in [0.29, 0.717) is 0 Å². The molecule has 10 heavy (non-hydrogen) atoms. The largest absolute Gasteiger partial charge is 0.285 e. The highest BCUT2D eigenvalue weighted by Gasteiger charge is 2.31. The number of halogens is 1. The molecule has 6 heteroatoms. The summed E-state index contributed by atoms with van der Waals surface area (Å²) in [4.78, 5) is 2.15. The van der Waals surface area contributed by atoms with Gasteiger partial charge in [0.15, 0.2) is 0 Å². The quantitative estimate of drug-likeness (QED) is 0.496. The van der Waals surface area contributed by atoms with Crippen LogP contribution in [0.15, 0.2) is 0 Å². The first kappa shape index (κ1) is 10.2. The van der Waals surface area contributed by atoms with Crippen molar-refractivity contribution in [3.05, 3.63) is 0 Å². The molecular formula is C4H10ClNO3S. The van der Waals surface area contributed by atoms with E-state index in [2.05, 4.69) is 4.84 Å². The van der Waals surface area contributed by atoms with Crippen molar-refractivity contribution in [3.8, 4) is 0 Å². The molecule has 0 amide bonds. The first-order chi connectivity index (χ1) is 4.31. The normalized spacial score (nSPS) is 13.6. The van der Waals surface area contributed by atoms with Gasteiger partial charge < -0.3 is 0 Å². The number of hydrogen-bond donors (Lipinski definition) is 2. The first-order valence-corrected chi connectivity index (χ1v) is 4.43. The molecule has 0 aliphatic rings. The van der Waals surface area contributed by atoms with Crippen LogP contribution in [-0.4, -0.2) is 24.3 Å². The van der Waals surface area contributed by atoms with Crippen molar-refractivity contribution >= 4 is 21.9 Å². The van der Waals surface area contributed by atoms with E-state index in [0.717, 1.165) is 0 Å². The standard InChI is InChI=1S/C4H10ClNO3S/c1-4(2,3-6-5)10(7,8)9/h6H,3H2,1-2H3,(H,7,8,9). The molecular weight excluding hydrogens is 178 g/mol. The fourth-order valence-corrected chi connectivity index (χ4v) is 0.920. The van der Waals surface area contributed by atoms with Gasteiger partial charge in [0, 0.05) is 6.54 Å². The summed E-state index contributed by atoms with van der Waals surface area (Å²) in [5.41, 5.74) is 0. The Bertz CT molecular complexity index is 199. The Morgan fingerprint density at radius 2 is 2.00 bits per heavy atom. The van der Waals surface area contributed by atoms with Gasteiger partial charge in [-0.25, -0.2) is 4.84 Å². The van der Waals surface area contributed by atoms with E-state index >= 15 is 0 Å². The molecule has 0 heterocycles. The monoisotopic (exact) mass is 187 g/mol. The van der Waals surface area contributed by atoms with Crippen LogP contribution in [0.25, 0.3) is 0 Å². The minimum absolute atomic E-state index is 0.00733. The Hall–Kier alpha value is 0.160. The van der Waals surface area contributed by atoms with E-state index in [1.54, 1.807) is 0 Å². The zero-order valence-electron chi connectivity index (χ0n) is 5.76. The maximum Gasteiger partial charge on any atom is 0.271 e. The van der Waals surface area contributed by atoms with E-state index in [9.17, 15) is 8.42 Å². The van der Waals surface area contributed by atoms with Gasteiger partial charge in [0.05, 0.1) is 0 Å². The van der Waals surface area contributed by atoms with E-state index in [4.69, 9.17) is 16.3 Å². The minimum atomic E-state index is -4.01. The molecule has 0 spiro atoms. The summed E-state index contributed by atoms with van der Waals surface area (Å²) in [6.07, 6.45) is 0. The van der Waals surface area contributed by atoms with Crippen molar-refractivity contribution in [1.29, 1.82) is 0 Å². The second kappa shape index (κ2) is 3.04. The number of hydrogen-bond acceptors (Lipinski definition) is 3. The van der Waals surface area contributed by atoms with Crippen LogP contribution in [0.1, 0.15) is 13.8 Å². The topological polar surface area (TPSA) is 66.4 Å². The summed E-state index contributed by atoms with van der Waals surface area (Å²) in [5, 5.41) is 0. The van der Waals surface area contributed by atoms with Gasteiger partial charge in [-0.2, -0.15) is 8.42 Å². The lowest BCUT2D eigenvalue weighted by molar-refractivity contribution is 0.440. The van der Waals surface area contributed by atoms with E-state index < -0.39 is 14.9 Å². The minimum Gasteiger partial charge on any atom is -0.285 e. The van der Waals surface area contributed by atoms with Crippen LogP contribution in [0, 0.1) is 0 Å². The highest BCUT2D eigenvalue weighted by atomic mass is 35.5. The molecule has 0 atom stereocenters. The number of nitrogens with one attached hydrogen (secondary N) is 1. The van der Waals surface area contributed by atoms with Gasteiger partial charge >= 0.3 is 0 Å². The van der Waals surface area contributed by atoms with E-state index in [1.165, 1.54) is 13.8 Å². The average Bonchev–Trinajstić information content (AvgIpc) is 1.61. The lowest BCUT2D eigenvalue weighted by atomic mass is 10.2. The summed E-state index contributed by atoms with van der Waals surface area (Å²) in [5.74, 6) is 0. The Kier molecular flexibility index (Phi) is 3.09. The third-order valence-electron chi connectivity index (χ3n) is 1.19. The van der Waals surface area contributed by atoms with Crippen LogP contribution < -0.4 is 4.84 Å². The zero-order chi connectivity index (χ0) is 8.41. The van der Waals surface area contributed by atoms with Gasteiger partial charge in [-0.15, -0.1) is 0 Å². The SMILES string of the molecule is CC(C)(CNCl)S(=O)(=O)O. The van der Waals surface area contributed by atoms with Crippen LogP contribution in [-0.2, 0) is 10.1 Å². The van der Waals surface area contributed by atoms with Crippen LogP contribution >= 0.6 is 11.8 Å². The van der Waals surface area contributed by atoms with Crippen LogP contribution in [0.4, 0.5) is 0 Å². The average molecular weight is 188 g/mol. The fourth-order valence-electron chi connectivity index (χ4n) is 0.252. The molecule has 2 N–H and O–H groups in total. The molecule has 0 unspecified atom stereocenters. The van der Waals surface area contributed by atoms with Crippen molar-refractivity contribution in [1.82, 2.24) is 4.84 Å². The fraction of sp³-hybridized carbons (Fsp3) is 1.00. The van der Waals surface area contributed by atoms with Gasteiger partial charge in [0.2, 0.25) is 0 Å². The number of rotatable bonds is 3. The van der Waals surface area contributed by atoms with Gasteiger partial charge in [0.1, 0.15) is 4.75 Å². The highest BCUT2D eigenvalue weighted by Crippen LogP contribution is 2.12. The summed E-state index contributed by atoms with van der Waals surface area (Å²) in [7, 11) is -4.01. The van der Waals surface area contributed by atoms with Crippen LogP contribution in [0.5, 0.6) is 0 Å². The molecule has 0 saturated carbocycles. The molecule has 0 aromatic heterocycles. The smallest absolute Gasteiger partial charge is 0.271 e. The molecule has 0 aliphatic carbocycles. The van der Waals surface area contributed by atoms with Gasteiger partial charge in [-0.1, -0.05) is 0 Å². The molecule has 0 bridgehead atoms. The molecule has 0 aromatic rings. The Balaban J connectivity index is 4.42. The molecule has 4 nitrogen and oxygen atoms in total. The van der Waals surface area contributed by atoms with Crippen molar-refractivity contribution < 1.29 is 13.0 Å². The van der Waals surface area contributed by atoms with Crippen LogP contribution in [0.3, 0.4) is 0 Å². The van der Waals surface area contributed by atoms with E-state index in [-0.39, 0.29) is 6.54 Å². The third-order valence-corrected chi connectivity index (χ3v) is 2.87. The maximum absolute atomic E-state index is 10.5. The first-order valence-electron chi connectivity index (χ1n) is 2.62. The van der Waals surface area contributed by atoms with Gasteiger partial charge in [-0.3, -0.25) is 4.55 Å². The molecule has 0 rings (SSSR count). The third kappa shape index (κ3) is 2.42. The van der Waals surface area contributed by atoms with Crippen molar-refractivity contribution in [3.63, 3.8) is 0 Å². The lowest BCUT2D eigenvalue weighted by Crippen LogP contribution is -2.39. The predicted octanol–water partition coefficient (Wildman–Crippen LogP) is 0.396. The molecule has 0 radical (unpaired) electrons. The van der Waals surface area contributed by atoms with E-state index in [1.807, 2.05) is 0 Å². The zero-order valence-corrected chi connectivity index (χ0v) is 7.33. The molecule has 0 aromatic carbocycles. The predicted molar refractivity (Wildman–Crippen MR) is 39.5 cm³/mol. The summed E-state index contributed by atoms with van der Waals surface area (Å²) < 4.78 is 28.3. The molecule has 62 valence electrons. The van der Waals surface area contributed by atoms with Crippen LogP contribution in [0.2, 0.25) is 0 Å². The van der Waals surface area contributed by atoms with Crippen molar-refractivity contribution in [2.24, 2.45) is 0 Å². The Morgan fingerprint density at radius 1 is 1.60 bits per heavy atom. The summed E-state index contributed by atoms with van der Waals surface area (Å²) >= 11 is 5.07. The van der Waals surface area contributed by atoms with Crippen molar-refractivity contribution in [2.45, 2.75) is 18.6 Å².